The van der Waals surface area contributed by atoms with Gasteiger partial charge in [0.1, 0.15) is 6.10 Å². The van der Waals surface area contributed by atoms with Crippen molar-refractivity contribution in [1.29, 1.82) is 0 Å². The molecule has 0 radical (unpaired) electrons. The van der Waals surface area contributed by atoms with Crippen LogP contribution in [0.3, 0.4) is 0 Å². The molecule has 2 bridgehead atoms. The van der Waals surface area contributed by atoms with Gasteiger partial charge in [-0.2, -0.15) is 0 Å². The third kappa shape index (κ3) is 3.05. The van der Waals surface area contributed by atoms with Crippen LogP contribution in [0.4, 0.5) is 0 Å². The molecule has 2 N–H and O–H groups in total. The molecule has 1 spiro atoms. The van der Waals surface area contributed by atoms with Crippen LogP contribution >= 0.6 is 0 Å². The molecule has 6 aliphatic rings. The molecule has 0 aromatic heterocycles. The highest BCUT2D eigenvalue weighted by Crippen LogP contribution is 2.66. The summed E-state index contributed by atoms with van der Waals surface area (Å²) in [6.07, 6.45) is 8.82. The highest BCUT2D eigenvalue weighted by Gasteiger charge is 2.73. The zero-order valence-corrected chi connectivity index (χ0v) is 21.8. The second-order valence-corrected chi connectivity index (χ2v) is 12.6. The highest BCUT2D eigenvalue weighted by atomic mass is 16.5. The number of benzene rings is 2. The van der Waals surface area contributed by atoms with Gasteiger partial charge in [0.25, 0.3) is 0 Å². The van der Waals surface area contributed by atoms with Gasteiger partial charge in [-0.1, -0.05) is 42.5 Å². The molecule has 38 heavy (non-hydrogen) atoms. The van der Waals surface area contributed by atoms with Gasteiger partial charge < -0.3 is 19.8 Å². The minimum atomic E-state index is -0.915. The van der Waals surface area contributed by atoms with E-state index in [1.54, 1.807) is 6.07 Å². The summed E-state index contributed by atoms with van der Waals surface area (Å²) in [5, 5.41) is 23.6. The second-order valence-electron chi connectivity index (χ2n) is 12.6. The number of aliphatic hydroxyl groups is 1. The van der Waals surface area contributed by atoms with Gasteiger partial charge in [0.15, 0.2) is 11.5 Å². The van der Waals surface area contributed by atoms with Crippen molar-refractivity contribution in [3.05, 3.63) is 70.8 Å². The molecule has 2 saturated heterocycles. The third-order valence-corrected chi connectivity index (χ3v) is 10.7. The lowest BCUT2D eigenvalue weighted by Gasteiger charge is -2.64. The van der Waals surface area contributed by atoms with E-state index in [0.29, 0.717) is 18.7 Å². The average molecular weight is 513 g/mol. The van der Waals surface area contributed by atoms with Gasteiger partial charge in [-0.25, -0.2) is 0 Å². The Morgan fingerprint density at radius 1 is 1.05 bits per heavy atom. The summed E-state index contributed by atoms with van der Waals surface area (Å²) in [5.41, 5.74) is 2.82. The number of carbonyl (C=O) groups is 1. The van der Waals surface area contributed by atoms with Crippen molar-refractivity contribution in [3.63, 3.8) is 0 Å². The molecule has 4 fully saturated rings. The first-order valence-electron chi connectivity index (χ1n) is 14.5. The molecule has 198 valence electrons. The molecule has 2 aromatic rings. The fourth-order valence-electron chi connectivity index (χ4n) is 8.77. The third-order valence-electron chi connectivity index (χ3n) is 10.7. The summed E-state index contributed by atoms with van der Waals surface area (Å²) in [6.45, 7) is 2.68. The van der Waals surface area contributed by atoms with Crippen LogP contribution in [0.25, 0.3) is 0 Å². The van der Waals surface area contributed by atoms with Crippen molar-refractivity contribution >= 4 is 5.91 Å². The first kappa shape index (κ1) is 23.1. The lowest BCUT2D eigenvalue weighted by Crippen LogP contribution is -2.78. The number of aromatic hydroxyl groups is 1. The van der Waals surface area contributed by atoms with Crippen molar-refractivity contribution in [2.24, 2.45) is 5.92 Å². The lowest BCUT2D eigenvalue weighted by molar-refractivity contribution is -0.200. The van der Waals surface area contributed by atoms with E-state index < -0.39 is 11.0 Å². The lowest BCUT2D eigenvalue weighted by atomic mass is 9.48. The van der Waals surface area contributed by atoms with Gasteiger partial charge in [0.2, 0.25) is 5.91 Å². The van der Waals surface area contributed by atoms with Crippen LogP contribution in [-0.2, 0) is 23.1 Å². The first-order chi connectivity index (χ1) is 18.5. The number of amides is 1. The summed E-state index contributed by atoms with van der Waals surface area (Å²) in [4.78, 5) is 18.3. The number of piperidine rings is 1. The van der Waals surface area contributed by atoms with E-state index in [9.17, 15) is 15.0 Å². The molecule has 3 heterocycles. The quantitative estimate of drug-likeness (QED) is 0.598. The van der Waals surface area contributed by atoms with Crippen LogP contribution in [0.1, 0.15) is 55.2 Å². The van der Waals surface area contributed by atoms with E-state index in [0.717, 1.165) is 62.2 Å². The fourth-order valence-corrected chi connectivity index (χ4v) is 8.77. The molecule has 6 nitrogen and oxygen atoms in total. The van der Waals surface area contributed by atoms with Crippen molar-refractivity contribution in [2.75, 3.05) is 19.6 Å². The van der Waals surface area contributed by atoms with E-state index in [-0.39, 0.29) is 29.8 Å². The van der Waals surface area contributed by atoms with E-state index in [1.165, 1.54) is 24.0 Å². The molecule has 2 saturated carbocycles. The summed E-state index contributed by atoms with van der Waals surface area (Å²) in [6, 6.07) is 14.0. The molecule has 3 aliphatic carbocycles. The Kier molecular flexibility index (Phi) is 4.92. The topological polar surface area (TPSA) is 73.2 Å². The van der Waals surface area contributed by atoms with E-state index in [2.05, 4.69) is 23.1 Å². The van der Waals surface area contributed by atoms with Gasteiger partial charge in [0.05, 0.1) is 17.1 Å². The van der Waals surface area contributed by atoms with Gasteiger partial charge in [0, 0.05) is 30.3 Å². The Balaban J connectivity index is 1.15. The molecule has 5 atom stereocenters. The van der Waals surface area contributed by atoms with Crippen molar-refractivity contribution in [3.8, 4) is 11.5 Å². The number of nitrogens with zero attached hydrogens (tertiary/aromatic N) is 2. The molecular formula is C32H36N2O4. The number of carbonyl (C=O) groups excluding carboxylic acids is 1. The number of ether oxygens (including phenoxy) is 1. The number of allylic oxidation sites excluding steroid dienone is 1. The molecule has 1 amide bonds. The van der Waals surface area contributed by atoms with Crippen LogP contribution in [0.2, 0.25) is 0 Å². The van der Waals surface area contributed by atoms with Gasteiger partial charge >= 0.3 is 0 Å². The van der Waals surface area contributed by atoms with Gasteiger partial charge in [-0.3, -0.25) is 9.69 Å². The van der Waals surface area contributed by atoms with Crippen LogP contribution in [0.15, 0.2) is 54.1 Å². The monoisotopic (exact) mass is 512 g/mol. The first-order valence-corrected chi connectivity index (χ1v) is 14.5. The maximum atomic E-state index is 13.7. The van der Waals surface area contributed by atoms with Crippen molar-refractivity contribution in [1.82, 2.24) is 9.80 Å². The fraction of sp³-hybridized carbons (Fsp3) is 0.531. The Hall–Kier alpha value is -2.83. The van der Waals surface area contributed by atoms with E-state index >= 15 is 0 Å². The van der Waals surface area contributed by atoms with Crippen molar-refractivity contribution in [2.45, 2.75) is 80.6 Å². The molecule has 2 unspecified atom stereocenters. The van der Waals surface area contributed by atoms with Gasteiger partial charge in [-0.05, 0) is 81.0 Å². The smallest absolute Gasteiger partial charge is 0.249 e. The predicted molar refractivity (Wildman–Crippen MR) is 143 cm³/mol. The standard InChI is InChI=1S/C32H36N2O4/c35-25-11-10-23-18-26-32(37)14-12-24(34-16-13-22(30(34)36)9-8-20-4-2-1-3-5-20)29-31(32,27(23)28(25)38-29)15-17-33(26)19-21-6-7-21/h1-5,9-11,21,24,26,29,35,37H,6-8,12-19H2/t24?,26-,29?,31+,32-/m1/s1. The number of phenolic OH excluding ortho intramolecular Hbond substituents is 1. The van der Waals surface area contributed by atoms with Crippen molar-refractivity contribution < 1.29 is 19.7 Å². The number of phenols is 1. The maximum absolute atomic E-state index is 13.7. The Bertz CT molecular complexity index is 1340. The predicted octanol–water partition coefficient (Wildman–Crippen LogP) is 3.73. The van der Waals surface area contributed by atoms with E-state index in [1.807, 2.05) is 29.2 Å². The normalized spacial score (nSPS) is 36.4. The molecule has 2 aromatic carbocycles. The molecule has 6 heteroatoms. The number of likely N-dealkylation sites (tertiary alicyclic amines) is 2. The minimum Gasteiger partial charge on any atom is -0.504 e. The maximum Gasteiger partial charge on any atom is 0.249 e. The Labute approximate surface area is 223 Å². The average Bonchev–Trinajstić information content (AvgIpc) is 3.56. The molecule has 8 rings (SSSR count). The Morgan fingerprint density at radius 2 is 1.89 bits per heavy atom. The number of hydrogen-bond donors (Lipinski definition) is 2. The summed E-state index contributed by atoms with van der Waals surface area (Å²) in [7, 11) is 0. The number of hydrogen-bond acceptors (Lipinski definition) is 5. The molecule has 3 aliphatic heterocycles. The SMILES string of the molecule is O=C1C(=CCc2ccccc2)CCN1C1CC[C@@]2(O)[C@H]3Cc4ccc(O)c5c4[C@@]2(CCN3CC2CC2)C1O5. The zero-order chi connectivity index (χ0) is 25.6. The highest BCUT2D eigenvalue weighted by molar-refractivity contribution is 5.96. The zero-order valence-electron chi connectivity index (χ0n) is 21.8. The molecular weight excluding hydrogens is 476 g/mol. The van der Waals surface area contributed by atoms with Crippen LogP contribution < -0.4 is 4.74 Å². The van der Waals surface area contributed by atoms with Gasteiger partial charge in [-0.15, -0.1) is 0 Å². The second kappa shape index (κ2) is 8.09. The summed E-state index contributed by atoms with van der Waals surface area (Å²) in [5.74, 6) is 1.58. The minimum absolute atomic E-state index is 0.0579. The summed E-state index contributed by atoms with van der Waals surface area (Å²) < 4.78 is 6.70. The van der Waals surface area contributed by atoms with Crippen LogP contribution in [-0.4, -0.2) is 69.3 Å². The largest absolute Gasteiger partial charge is 0.504 e. The number of rotatable bonds is 5. The Morgan fingerprint density at radius 3 is 2.71 bits per heavy atom. The van der Waals surface area contributed by atoms with Crippen LogP contribution in [0.5, 0.6) is 11.5 Å². The summed E-state index contributed by atoms with van der Waals surface area (Å²) >= 11 is 0. The van der Waals surface area contributed by atoms with E-state index in [4.69, 9.17) is 4.74 Å². The van der Waals surface area contributed by atoms with Crippen LogP contribution in [0, 0.1) is 5.92 Å².